The number of aromatic nitrogens is 2. The van der Waals surface area contributed by atoms with E-state index in [1.807, 2.05) is 24.3 Å². The van der Waals surface area contributed by atoms with Crippen LogP contribution in [0.25, 0.3) is 10.2 Å². The Kier molecular flexibility index (Phi) is 5.09. The van der Waals surface area contributed by atoms with Crippen molar-refractivity contribution in [1.29, 1.82) is 0 Å². The molecule has 0 aliphatic carbocycles. The van der Waals surface area contributed by atoms with Crippen LogP contribution in [-0.2, 0) is 4.74 Å². The maximum atomic E-state index is 13.2. The Balaban J connectivity index is 1.71. The van der Waals surface area contributed by atoms with Gasteiger partial charge < -0.3 is 4.74 Å². The maximum absolute atomic E-state index is 13.2. The van der Waals surface area contributed by atoms with Crippen molar-refractivity contribution in [2.75, 3.05) is 18.1 Å². The van der Waals surface area contributed by atoms with E-state index in [0.717, 1.165) is 29.7 Å². The summed E-state index contributed by atoms with van der Waals surface area (Å²) in [6.45, 7) is 1.17. The first kappa shape index (κ1) is 17.7. The number of thiazole rings is 1. The molecule has 1 fully saturated rings. The van der Waals surface area contributed by atoms with Gasteiger partial charge in [-0.15, -0.1) is 0 Å². The van der Waals surface area contributed by atoms with Crippen molar-refractivity contribution in [2.24, 2.45) is 0 Å². The van der Waals surface area contributed by atoms with Crippen LogP contribution in [-0.4, -0.2) is 35.1 Å². The average molecular weight is 408 g/mol. The van der Waals surface area contributed by atoms with E-state index >= 15 is 0 Å². The maximum Gasteiger partial charge on any atom is 0.261 e. The molecule has 1 aliphatic rings. The molecule has 4 rings (SSSR count). The monoisotopic (exact) mass is 407 g/mol. The molecule has 3 aromatic rings. The lowest BCUT2D eigenvalue weighted by molar-refractivity contribution is 0.0917. The minimum atomic E-state index is -0.217. The highest BCUT2D eigenvalue weighted by Crippen LogP contribution is 2.31. The van der Waals surface area contributed by atoms with Gasteiger partial charge in [-0.3, -0.25) is 9.69 Å². The summed E-state index contributed by atoms with van der Waals surface area (Å²) in [7, 11) is 0. The van der Waals surface area contributed by atoms with Crippen LogP contribution in [0.2, 0.25) is 10.2 Å². The Bertz CT molecular complexity index is 924. The van der Waals surface area contributed by atoms with Gasteiger partial charge in [0.1, 0.15) is 5.15 Å². The van der Waals surface area contributed by atoms with Crippen molar-refractivity contribution in [2.45, 2.75) is 18.9 Å². The number of pyridine rings is 1. The number of hydrogen-bond donors (Lipinski definition) is 0. The van der Waals surface area contributed by atoms with Gasteiger partial charge in [-0.1, -0.05) is 46.7 Å². The van der Waals surface area contributed by atoms with Crippen molar-refractivity contribution in [3.05, 3.63) is 52.3 Å². The second-order valence-electron chi connectivity index (χ2n) is 6.01. The SMILES string of the molecule is O=C(c1cnc(Cl)c(Cl)c1)N(C[C@H]1CCCO1)c1nc2ccccc2s1. The largest absolute Gasteiger partial charge is 0.376 e. The number of para-hydroxylation sites is 1. The average Bonchev–Trinajstić information content (AvgIpc) is 3.30. The molecule has 3 heterocycles. The number of benzene rings is 1. The molecule has 1 aliphatic heterocycles. The van der Waals surface area contributed by atoms with E-state index in [9.17, 15) is 4.79 Å². The third-order valence-corrected chi connectivity index (χ3v) is 5.96. The molecule has 2 aromatic heterocycles. The summed E-state index contributed by atoms with van der Waals surface area (Å²) in [6.07, 6.45) is 3.36. The molecule has 0 unspecified atom stereocenters. The first-order valence-electron chi connectivity index (χ1n) is 8.22. The number of ether oxygens (including phenoxy) is 1. The third kappa shape index (κ3) is 3.55. The lowest BCUT2D eigenvalue weighted by atomic mass is 10.2. The molecular formula is C18H15Cl2N3O2S. The number of amides is 1. The number of carbonyl (C=O) groups excluding carboxylic acids is 1. The molecule has 134 valence electrons. The third-order valence-electron chi connectivity index (χ3n) is 4.21. The number of carbonyl (C=O) groups is 1. The van der Waals surface area contributed by atoms with Gasteiger partial charge in [-0.2, -0.15) is 0 Å². The van der Waals surface area contributed by atoms with Gasteiger partial charge in [0.05, 0.1) is 33.5 Å². The molecule has 1 aromatic carbocycles. The summed E-state index contributed by atoms with van der Waals surface area (Å²) >= 11 is 13.4. The second kappa shape index (κ2) is 7.48. The van der Waals surface area contributed by atoms with Crippen LogP contribution in [0.1, 0.15) is 23.2 Å². The molecule has 0 N–H and O–H groups in total. The minimum Gasteiger partial charge on any atom is -0.376 e. The molecule has 5 nitrogen and oxygen atoms in total. The molecular weight excluding hydrogens is 393 g/mol. The fourth-order valence-corrected chi connectivity index (χ4v) is 4.15. The predicted octanol–water partition coefficient (Wildman–Crippen LogP) is 4.82. The predicted molar refractivity (Wildman–Crippen MR) is 105 cm³/mol. The van der Waals surface area contributed by atoms with Gasteiger partial charge in [-0.25, -0.2) is 9.97 Å². The molecule has 26 heavy (non-hydrogen) atoms. The number of rotatable bonds is 4. The Labute approximate surface area is 164 Å². The zero-order valence-corrected chi connectivity index (χ0v) is 16.0. The van der Waals surface area contributed by atoms with Gasteiger partial charge in [0.2, 0.25) is 0 Å². The zero-order valence-electron chi connectivity index (χ0n) is 13.7. The van der Waals surface area contributed by atoms with Crippen LogP contribution in [0.3, 0.4) is 0 Å². The fraction of sp³-hybridized carbons (Fsp3) is 0.278. The van der Waals surface area contributed by atoms with Crippen molar-refractivity contribution in [3.63, 3.8) is 0 Å². The summed E-state index contributed by atoms with van der Waals surface area (Å²) in [5, 5.41) is 1.06. The number of halogens is 2. The Hall–Kier alpha value is -1.73. The lowest BCUT2D eigenvalue weighted by Gasteiger charge is -2.23. The summed E-state index contributed by atoms with van der Waals surface area (Å²) in [6, 6.07) is 9.35. The van der Waals surface area contributed by atoms with E-state index in [2.05, 4.69) is 9.97 Å². The van der Waals surface area contributed by atoms with E-state index in [1.165, 1.54) is 23.6 Å². The van der Waals surface area contributed by atoms with Crippen LogP contribution in [0.5, 0.6) is 0 Å². The van der Waals surface area contributed by atoms with E-state index in [-0.39, 0.29) is 22.2 Å². The van der Waals surface area contributed by atoms with Crippen LogP contribution in [0.15, 0.2) is 36.5 Å². The Morgan fingerprint density at radius 1 is 1.35 bits per heavy atom. The second-order valence-corrected chi connectivity index (χ2v) is 7.79. The van der Waals surface area contributed by atoms with E-state index in [4.69, 9.17) is 27.9 Å². The smallest absolute Gasteiger partial charge is 0.261 e. The van der Waals surface area contributed by atoms with E-state index in [0.29, 0.717) is 17.2 Å². The van der Waals surface area contributed by atoms with Gasteiger partial charge >= 0.3 is 0 Å². The molecule has 8 heteroatoms. The summed E-state index contributed by atoms with van der Waals surface area (Å²) in [4.78, 5) is 23.4. The molecule has 1 amide bonds. The van der Waals surface area contributed by atoms with Crippen LogP contribution in [0, 0.1) is 0 Å². The highest BCUT2D eigenvalue weighted by Gasteiger charge is 2.27. The van der Waals surface area contributed by atoms with Gasteiger partial charge in [0.25, 0.3) is 5.91 Å². The molecule has 0 saturated carbocycles. The van der Waals surface area contributed by atoms with Crippen molar-refractivity contribution >= 4 is 55.8 Å². The zero-order chi connectivity index (χ0) is 18.1. The lowest BCUT2D eigenvalue weighted by Crippen LogP contribution is -2.37. The first-order chi connectivity index (χ1) is 12.6. The Morgan fingerprint density at radius 3 is 2.92 bits per heavy atom. The summed E-state index contributed by atoms with van der Waals surface area (Å²) in [5.41, 5.74) is 1.24. The number of anilines is 1. The van der Waals surface area contributed by atoms with Crippen LogP contribution < -0.4 is 4.90 Å². The van der Waals surface area contributed by atoms with Crippen molar-refractivity contribution in [1.82, 2.24) is 9.97 Å². The normalized spacial score (nSPS) is 16.9. The molecule has 1 saturated heterocycles. The van der Waals surface area contributed by atoms with Crippen molar-refractivity contribution in [3.8, 4) is 0 Å². The van der Waals surface area contributed by atoms with Crippen molar-refractivity contribution < 1.29 is 9.53 Å². The molecule has 0 radical (unpaired) electrons. The van der Waals surface area contributed by atoms with Gasteiger partial charge in [0, 0.05) is 12.8 Å². The fourth-order valence-electron chi connectivity index (χ4n) is 2.91. The van der Waals surface area contributed by atoms with E-state index < -0.39 is 0 Å². The Morgan fingerprint density at radius 2 is 2.19 bits per heavy atom. The summed E-state index contributed by atoms with van der Waals surface area (Å²) < 4.78 is 6.76. The van der Waals surface area contributed by atoms with Gasteiger partial charge in [0.15, 0.2) is 5.13 Å². The highest BCUT2D eigenvalue weighted by atomic mass is 35.5. The molecule has 0 bridgehead atoms. The van der Waals surface area contributed by atoms with Crippen LogP contribution >= 0.6 is 34.5 Å². The molecule has 1 atom stereocenters. The molecule has 0 spiro atoms. The standard InChI is InChI=1S/C18H15Cl2N3O2S/c19-13-8-11(9-21-16(13)20)17(24)23(10-12-4-3-7-25-12)18-22-14-5-1-2-6-15(14)26-18/h1-2,5-6,8-9,12H,3-4,7,10H2/t12-/m1/s1. The summed E-state index contributed by atoms with van der Waals surface area (Å²) in [5.74, 6) is -0.217. The van der Waals surface area contributed by atoms with Gasteiger partial charge in [-0.05, 0) is 31.0 Å². The quantitative estimate of drug-likeness (QED) is 0.581. The topological polar surface area (TPSA) is 55.3 Å². The number of nitrogens with zero attached hydrogens (tertiary/aromatic N) is 3. The van der Waals surface area contributed by atoms with Crippen LogP contribution in [0.4, 0.5) is 5.13 Å². The minimum absolute atomic E-state index is 0.00157. The number of hydrogen-bond acceptors (Lipinski definition) is 5. The number of fused-ring (bicyclic) bond motifs is 1. The van der Waals surface area contributed by atoms with E-state index in [1.54, 1.807) is 4.90 Å². The first-order valence-corrected chi connectivity index (χ1v) is 9.79. The highest BCUT2D eigenvalue weighted by molar-refractivity contribution is 7.22.